The molecule has 1 fully saturated rings. The number of amides is 1. The van der Waals surface area contributed by atoms with E-state index in [1.54, 1.807) is 4.90 Å². The molecular weight excluding hydrogens is 250 g/mol. The zero-order chi connectivity index (χ0) is 14.7. The third-order valence-electron chi connectivity index (χ3n) is 4.18. The van der Waals surface area contributed by atoms with Gasteiger partial charge in [0.25, 0.3) is 0 Å². The second-order valence-corrected chi connectivity index (χ2v) is 5.71. The van der Waals surface area contributed by atoms with E-state index in [-0.39, 0.29) is 18.0 Å². The van der Waals surface area contributed by atoms with Gasteiger partial charge in [-0.25, -0.2) is 0 Å². The van der Waals surface area contributed by atoms with Crippen LogP contribution in [0.3, 0.4) is 0 Å². The highest BCUT2D eigenvalue weighted by Crippen LogP contribution is 2.26. The molecule has 2 N–H and O–H groups in total. The lowest BCUT2D eigenvalue weighted by Crippen LogP contribution is -2.52. The van der Waals surface area contributed by atoms with Crippen LogP contribution in [0.25, 0.3) is 0 Å². The molecule has 1 aliphatic rings. The minimum atomic E-state index is 0.0499. The number of likely N-dealkylation sites (N-methyl/N-ethyl adjacent to an activating group) is 1. The van der Waals surface area contributed by atoms with Crippen molar-refractivity contribution in [3.05, 3.63) is 35.4 Å². The minimum Gasteiger partial charge on any atom is -0.343 e. The summed E-state index contributed by atoms with van der Waals surface area (Å²) in [4.78, 5) is 16.0. The summed E-state index contributed by atoms with van der Waals surface area (Å²) in [5.74, 6) is 0.177. The Morgan fingerprint density at radius 3 is 2.45 bits per heavy atom. The van der Waals surface area contributed by atoms with Crippen LogP contribution in [0.4, 0.5) is 0 Å². The van der Waals surface area contributed by atoms with Crippen molar-refractivity contribution in [2.75, 3.05) is 26.7 Å². The van der Waals surface area contributed by atoms with Gasteiger partial charge in [-0.3, -0.25) is 9.69 Å². The molecule has 0 aliphatic carbocycles. The zero-order valence-electron chi connectivity index (χ0n) is 12.7. The summed E-state index contributed by atoms with van der Waals surface area (Å²) < 4.78 is 0. The molecule has 0 bridgehead atoms. The Kier molecular flexibility index (Phi) is 4.78. The van der Waals surface area contributed by atoms with Gasteiger partial charge in [-0.05, 0) is 18.9 Å². The Labute approximate surface area is 121 Å². The average Bonchev–Trinajstić information content (AvgIpc) is 2.45. The number of hydrogen-bond acceptors (Lipinski definition) is 3. The second kappa shape index (κ2) is 6.37. The largest absolute Gasteiger partial charge is 0.343 e. The molecule has 2 atom stereocenters. The number of nitrogens with zero attached hydrogens (tertiary/aromatic N) is 2. The Balaban J connectivity index is 2.24. The number of carbonyl (C=O) groups excluding carboxylic acids is 1. The van der Waals surface area contributed by atoms with Crippen LogP contribution in [0.15, 0.2) is 24.3 Å². The molecule has 2 unspecified atom stereocenters. The van der Waals surface area contributed by atoms with Crippen molar-refractivity contribution in [3.63, 3.8) is 0 Å². The zero-order valence-corrected chi connectivity index (χ0v) is 12.7. The Bertz CT molecular complexity index is 457. The van der Waals surface area contributed by atoms with Crippen LogP contribution in [0.5, 0.6) is 0 Å². The van der Waals surface area contributed by atoms with Gasteiger partial charge >= 0.3 is 0 Å². The molecule has 4 nitrogen and oxygen atoms in total. The van der Waals surface area contributed by atoms with E-state index in [0.29, 0.717) is 6.54 Å². The van der Waals surface area contributed by atoms with Crippen molar-refractivity contribution < 1.29 is 4.79 Å². The molecule has 1 heterocycles. The maximum Gasteiger partial charge on any atom is 0.236 e. The van der Waals surface area contributed by atoms with Crippen molar-refractivity contribution >= 4 is 5.91 Å². The highest BCUT2D eigenvalue weighted by Gasteiger charge is 2.31. The Hall–Kier alpha value is -1.39. The number of aryl methyl sites for hydroxylation is 1. The predicted molar refractivity (Wildman–Crippen MR) is 81.4 cm³/mol. The van der Waals surface area contributed by atoms with Gasteiger partial charge in [0.15, 0.2) is 0 Å². The number of nitrogens with two attached hydrogens (primary N) is 1. The quantitative estimate of drug-likeness (QED) is 0.907. The lowest BCUT2D eigenvalue weighted by atomic mass is 9.95. The van der Waals surface area contributed by atoms with Crippen molar-refractivity contribution in [1.29, 1.82) is 0 Å². The SMILES string of the molecule is CCC(N)C(c1ccc(C)cc1)N1CCN(C)C(=O)C1. The first-order valence-electron chi connectivity index (χ1n) is 7.33. The van der Waals surface area contributed by atoms with E-state index in [2.05, 4.69) is 43.0 Å². The third kappa shape index (κ3) is 3.19. The molecule has 1 aromatic carbocycles. The van der Waals surface area contributed by atoms with Crippen LogP contribution in [0, 0.1) is 6.92 Å². The number of piperazine rings is 1. The van der Waals surface area contributed by atoms with E-state index in [9.17, 15) is 4.79 Å². The first kappa shape index (κ1) is 15.0. The van der Waals surface area contributed by atoms with Gasteiger partial charge in [0, 0.05) is 26.2 Å². The van der Waals surface area contributed by atoms with Crippen molar-refractivity contribution in [3.8, 4) is 0 Å². The molecule has 1 aromatic rings. The fourth-order valence-electron chi connectivity index (χ4n) is 2.73. The lowest BCUT2D eigenvalue weighted by molar-refractivity contribution is -0.135. The first-order chi connectivity index (χ1) is 9.52. The summed E-state index contributed by atoms with van der Waals surface area (Å²) in [6.45, 7) is 6.30. The standard InChI is InChI=1S/C16H25N3O/c1-4-14(17)16(13-7-5-12(2)6-8-13)19-10-9-18(3)15(20)11-19/h5-8,14,16H,4,9-11,17H2,1-3H3. The molecule has 110 valence electrons. The van der Waals surface area contributed by atoms with Crippen molar-refractivity contribution in [2.45, 2.75) is 32.4 Å². The summed E-state index contributed by atoms with van der Waals surface area (Å²) in [6.07, 6.45) is 0.902. The first-order valence-corrected chi connectivity index (χ1v) is 7.33. The summed E-state index contributed by atoms with van der Waals surface area (Å²) >= 11 is 0. The maximum atomic E-state index is 11.9. The molecule has 0 radical (unpaired) electrons. The minimum absolute atomic E-state index is 0.0499. The van der Waals surface area contributed by atoms with E-state index in [0.717, 1.165) is 19.5 Å². The number of rotatable bonds is 4. The van der Waals surface area contributed by atoms with E-state index >= 15 is 0 Å². The van der Waals surface area contributed by atoms with E-state index < -0.39 is 0 Å². The summed E-state index contributed by atoms with van der Waals surface area (Å²) in [6, 6.07) is 8.68. The molecule has 20 heavy (non-hydrogen) atoms. The average molecular weight is 275 g/mol. The van der Waals surface area contributed by atoms with Gasteiger partial charge in [-0.2, -0.15) is 0 Å². The van der Waals surface area contributed by atoms with Crippen molar-refractivity contribution in [2.24, 2.45) is 5.73 Å². The lowest BCUT2D eigenvalue weighted by Gasteiger charge is -2.40. The smallest absolute Gasteiger partial charge is 0.236 e. The van der Waals surface area contributed by atoms with Crippen LogP contribution in [-0.4, -0.2) is 48.4 Å². The van der Waals surface area contributed by atoms with Crippen LogP contribution < -0.4 is 5.73 Å². The molecule has 4 heteroatoms. The number of carbonyl (C=O) groups is 1. The van der Waals surface area contributed by atoms with Gasteiger partial charge in [-0.1, -0.05) is 36.8 Å². The molecule has 1 amide bonds. The second-order valence-electron chi connectivity index (χ2n) is 5.71. The molecule has 1 aliphatic heterocycles. The van der Waals surface area contributed by atoms with Gasteiger partial charge < -0.3 is 10.6 Å². The van der Waals surface area contributed by atoms with E-state index in [1.807, 2.05) is 7.05 Å². The fraction of sp³-hybridized carbons (Fsp3) is 0.562. The van der Waals surface area contributed by atoms with Gasteiger partial charge in [-0.15, -0.1) is 0 Å². The molecular formula is C16H25N3O. The van der Waals surface area contributed by atoms with Gasteiger partial charge in [0.1, 0.15) is 0 Å². The molecule has 1 saturated heterocycles. The third-order valence-corrected chi connectivity index (χ3v) is 4.18. The topological polar surface area (TPSA) is 49.6 Å². The monoisotopic (exact) mass is 275 g/mol. The van der Waals surface area contributed by atoms with E-state index in [1.165, 1.54) is 11.1 Å². The van der Waals surface area contributed by atoms with Crippen LogP contribution in [0.1, 0.15) is 30.5 Å². The highest BCUT2D eigenvalue weighted by molar-refractivity contribution is 5.78. The summed E-state index contributed by atoms with van der Waals surface area (Å²) in [7, 11) is 1.86. The molecule has 0 spiro atoms. The molecule has 0 aromatic heterocycles. The van der Waals surface area contributed by atoms with Crippen LogP contribution >= 0.6 is 0 Å². The van der Waals surface area contributed by atoms with Gasteiger partial charge in [0.05, 0.1) is 12.6 Å². The summed E-state index contributed by atoms with van der Waals surface area (Å²) in [5.41, 5.74) is 8.78. The fourth-order valence-corrected chi connectivity index (χ4v) is 2.73. The molecule has 2 rings (SSSR count). The predicted octanol–water partition coefficient (Wildman–Crippen LogP) is 1.55. The Morgan fingerprint density at radius 1 is 1.25 bits per heavy atom. The normalized spacial score (nSPS) is 20.0. The number of benzene rings is 1. The van der Waals surface area contributed by atoms with Crippen LogP contribution in [0.2, 0.25) is 0 Å². The maximum absolute atomic E-state index is 11.9. The Morgan fingerprint density at radius 2 is 1.90 bits per heavy atom. The van der Waals surface area contributed by atoms with Gasteiger partial charge in [0.2, 0.25) is 5.91 Å². The summed E-state index contributed by atoms with van der Waals surface area (Å²) in [5, 5.41) is 0. The van der Waals surface area contributed by atoms with Crippen LogP contribution in [-0.2, 0) is 4.79 Å². The number of hydrogen-bond donors (Lipinski definition) is 1. The van der Waals surface area contributed by atoms with E-state index in [4.69, 9.17) is 5.73 Å². The van der Waals surface area contributed by atoms with Crippen molar-refractivity contribution in [1.82, 2.24) is 9.80 Å². The molecule has 0 saturated carbocycles. The highest BCUT2D eigenvalue weighted by atomic mass is 16.2.